The van der Waals surface area contributed by atoms with Gasteiger partial charge in [0.1, 0.15) is 0 Å². The minimum Gasteiger partial charge on any atom is -2.00 e. The summed E-state index contributed by atoms with van der Waals surface area (Å²) in [5.41, 5.74) is 0. The van der Waals surface area contributed by atoms with E-state index in [0.717, 1.165) is 0 Å². The Balaban J connectivity index is -0.00000000167. The summed E-state index contributed by atoms with van der Waals surface area (Å²) in [4.78, 5) is 0. The molecular weight excluding hydrogens is 271 g/mol. The van der Waals surface area contributed by atoms with Gasteiger partial charge in [0, 0.05) is 0 Å². The van der Waals surface area contributed by atoms with Gasteiger partial charge in [-0.15, -0.1) is 0 Å². The summed E-state index contributed by atoms with van der Waals surface area (Å²) in [7, 11) is 0. The maximum Gasteiger partial charge on any atom is -2.00 e. The molecule has 0 N–H and O–H groups in total. The Labute approximate surface area is 76.8 Å². The number of hydrogen-bond acceptors (Lipinski definition) is 1. The summed E-state index contributed by atoms with van der Waals surface area (Å²) in [5.74, 6) is 0. The fourth-order valence-corrected chi connectivity index (χ4v) is 0. The van der Waals surface area contributed by atoms with Crippen LogP contribution in [0.15, 0.2) is 0 Å². The van der Waals surface area contributed by atoms with Crippen molar-refractivity contribution < 1.29 is 64.2 Å². The van der Waals surface area contributed by atoms with Gasteiger partial charge in [-0.2, -0.15) is 0 Å². The average molecular weight is 271 g/mol. The van der Waals surface area contributed by atoms with Gasteiger partial charge in [0.25, 0.3) is 0 Å². The van der Waals surface area contributed by atoms with Crippen LogP contribution < -0.4 is 0 Å². The molecule has 5 heavy (non-hydrogen) atoms. The topological polar surface area (TPSA) is 17.1 Å². The molecule has 1 nitrogen and oxygen atoms in total. The van der Waals surface area contributed by atoms with E-state index < -0.39 is 0 Å². The monoisotopic (exact) mass is 273 g/mol. The van der Waals surface area contributed by atoms with Crippen LogP contribution in [-0.4, -0.2) is 0 Å². The Morgan fingerprint density at radius 3 is 1.20 bits per heavy atom. The zero-order chi connectivity index (χ0) is 2.00. The molecule has 0 unspecified atom stereocenters. The third-order valence-corrected chi connectivity index (χ3v) is 0. The molecule has 0 heterocycles. The molecule has 0 aromatic heterocycles. The van der Waals surface area contributed by atoms with E-state index in [0.29, 0.717) is 0 Å². The average Bonchev–Trinajstić information content (AvgIpc) is 1.00. The minimum atomic E-state index is 0. The van der Waals surface area contributed by atoms with Gasteiger partial charge in [-0.1, -0.05) is 0 Å². The van der Waals surface area contributed by atoms with E-state index in [1.165, 1.54) is 0 Å². The van der Waals surface area contributed by atoms with Crippen LogP contribution in [0.25, 0.3) is 0 Å². The molecule has 0 atom stereocenters. The van der Waals surface area contributed by atoms with Crippen molar-refractivity contribution in [2.45, 2.75) is 0 Å². The third kappa shape index (κ3) is 23.2. The van der Waals surface area contributed by atoms with Crippen molar-refractivity contribution >= 4 is 13.5 Å². The molecule has 0 aliphatic heterocycles. The van der Waals surface area contributed by atoms with Crippen LogP contribution in [0.5, 0.6) is 0 Å². The predicted molar refractivity (Wildman–Crippen MR) is 8.05 cm³/mol. The Kier molecular flexibility index (Phi) is 197. The predicted octanol–water partition coefficient (Wildman–Crippen LogP) is -0.129. The van der Waals surface area contributed by atoms with Gasteiger partial charge >= 0.3 is 64.2 Å². The molecule has 0 saturated heterocycles. The second-order valence-electron chi connectivity index (χ2n) is 0. The maximum absolute atomic E-state index is 7.94. The summed E-state index contributed by atoms with van der Waals surface area (Å²) in [5, 5.41) is 0. The van der Waals surface area contributed by atoms with Crippen LogP contribution in [0.1, 0.15) is 0 Å². The van der Waals surface area contributed by atoms with E-state index in [4.69, 9.17) is 3.87 Å². The molecule has 0 spiro atoms. The minimum absolute atomic E-state index is 0. The summed E-state index contributed by atoms with van der Waals surface area (Å²) in [6.07, 6.45) is 0. The quantitative estimate of drug-likeness (QED) is 0.561. The molecule has 0 aliphatic rings. The number of hydrogen-bond donors (Lipinski definition) is 0. The largest absolute Gasteiger partial charge is 2.00 e. The van der Waals surface area contributed by atoms with Gasteiger partial charge in [-0.3, -0.25) is 0 Å². The van der Waals surface area contributed by atoms with Gasteiger partial charge in [0.15, 0.2) is 0 Å². The summed E-state index contributed by atoms with van der Waals surface area (Å²) >= 11 is 2.31. The first kappa shape index (κ1) is 27.4. The molecule has 0 fully saturated rings. The van der Waals surface area contributed by atoms with E-state index >= 15 is 0 Å². The zero-order valence-corrected chi connectivity index (χ0v) is 9.43. The molecule has 5 heteroatoms. The fourth-order valence-electron chi connectivity index (χ4n) is 0. The molecule has 0 aromatic carbocycles. The van der Waals surface area contributed by atoms with Gasteiger partial charge in [-0.25, -0.2) is 0 Å². The van der Waals surface area contributed by atoms with Gasteiger partial charge in [-0.05, 0) is 0 Å². The SMILES string of the molecule is [Cd+2].[Cr+3].[O]=[Co].[S-2]. The van der Waals surface area contributed by atoms with Crippen molar-refractivity contribution in [3.05, 3.63) is 0 Å². The molecule has 0 aromatic rings. The first-order valence-corrected chi connectivity index (χ1v) is 0.561. The smallest absolute Gasteiger partial charge is 2.00 e. The Hall–Kier alpha value is 2.11. The molecule has 1 radical (unpaired) electrons. The van der Waals surface area contributed by atoms with Crippen LogP contribution in [0, 0.1) is 0 Å². The van der Waals surface area contributed by atoms with E-state index in [1.807, 2.05) is 0 Å². The van der Waals surface area contributed by atoms with E-state index in [1.54, 1.807) is 0 Å². The Bertz CT molecular complexity index is 11.6. The van der Waals surface area contributed by atoms with Gasteiger partial charge in [0.2, 0.25) is 0 Å². The molecule has 26 valence electrons. The summed E-state index contributed by atoms with van der Waals surface area (Å²) < 4.78 is 7.94. The maximum atomic E-state index is 7.94. The second-order valence-corrected chi connectivity index (χ2v) is 0. The fraction of sp³-hybridized carbons (Fsp3) is 0. The standard InChI is InChI=1S/Cd.Co.Cr.O.S/q+2;;+3;;-2. The molecule has 0 saturated carbocycles. The summed E-state index contributed by atoms with van der Waals surface area (Å²) in [6, 6.07) is 0. The van der Waals surface area contributed by atoms with Crippen molar-refractivity contribution in [2.75, 3.05) is 0 Å². The zero-order valence-electron chi connectivity index (χ0n) is 2.27. The van der Waals surface area contributed by atoms with Crippen LogP contribution >= 0.6 is 0 Å². The Morgan fingerprint density at radius 1 is 1.20 bits per heavy atom. The Morgan fingerprint density at radius 2 is 1.20 bits per heavy atom. The van der Waals surface area contributed by atoms with E-state index in [-0.39, 0.29) is 58.2 Å². The third-order valence-electron chi connectivity index (χ3n) is 0. The first-order chi connectivity index (χ1) is 1.00. The van der Waals surface area contributed by atoms with E-state index in [2.05, 4.69) is 15.7 Å². The van der Waals surface area contributed by atoms with Crippen LogP contribution in [-0.2, 0) is 77.7 Å². The molecule has 0 bridgehead atoms. The van der Waals surface area contributed by atoms with Crippen molar-refractivity contribution in [3.8, 4) is 0 Å². The molecule has 0 amide bonds. The van der Waals surface area contributed by atoms with Crippen molar-refractivity contribution in [1.29, 1.82) is 0 Å². The van der Waals surface area contributed by atoms with E-state index in [9.17, 15) is 0 Å². The van der Waals surface area contributed by atoms with Crippen molar-refractivity contribution in [1.82, 2.24) is 0 Å². The first-order valence-electron chi connectivity index (χ1n) is 0.136. The molecule has 0 aliphatic carbocycles. The van der Waals surface area contributed by atoms with Crippen molar-refractivity contribution in [3.63, 3.8) is 0 Å². The normalized spacial score (nSPS) is 1.00. The molecule has 0 rings (SSSR count). The van der Waals surface area contributed by atoms with Crippen LogP contribution in [0.3, 0.4) is 0 Å². The van der Waals surface area contributed by atoms with Crippen molar-refractivity contribution in [2.24, 2.45) is 0 Å². The van der Waals surface area contributed by atoms with Crippen LogP contribution in [0.2, 0.25) is 0 Å². The van der Waals surface area contributed by atoms with Crippen LogP contribution in [0.4, 0.5) is 0 Å². The number of rotatable bonds is 0. The summed E-state index contributed by atoms with van der Waals surface area (Å²) in [6.45, 7) is 0. The van der Waals surface area contributed by atoms with Gasteiger partial charge < -0.3 is 13.5 Å². The second kappa shape index (κ2) is 35.8. The van der Waals surface area contributed by atoms with Gasteiger partial charge in [0.05, 0.1) is 0 Å². The molecular formula is CdCoCrOS+3.